The van der Waals surface area contributed by atoms with E-state index in [0.29, 0.717) is 24.2 Å². The van der Waals surface area contributed by atoms with Gasteiger partial charge in [0.1, 0.15) is 17.5 Å². The number of hydrogen-bond acceptors (Lipinski definition) is 6. The average Bonchev–Trinajstić information content (AvgIpc) is 2.80. The molecule has 3 rings (SSSR count). The van der Waals surface area contributed by atoms with Crippen molar-refractivity contribution >= 4 is 23.2 Å². The van der Waals surface area contributed by atoms with Gasteiger partial charge in [0.25, 0.3) is 0 Å². The van der Waals surface area contributed by atoms with Crippen molar-refractivity contribution in [1.82, 2.24) is 14.8 Å². The van der Waals surface area contributed by atoms with Gasteiger partial charge in [-0.3, -0.25) is 9.69 Å². The van der Waals surface area contributed by atoms with Gasteiger partial charge >= 0.3 is 12.1 Å². The van der Waals surface area contributed by atoms with E-state index in [0.717, 1.165) is 31.6 Å². The minimum Gasteiger partial charge on any atom is -0.481 e. The molecule has 0 bridgehead atoms. The van der Waals surface area contributed by atoms with Crippen LogP contribution in [-0.4, -0.2) is 63.7 Å². The van der Waals surface area contributed by atoms with Gasteiger partial charge in [-0.15, -0.1) is 0 Å². The number of carboxylic acids is 1. The topological polar surface area (TPSA) is 96.1 Å². The lowest BCUT2D eigenvalue weighted by atomic mass is 10.2. The second kappa shape index (κ2) is 8.18. The Kier molecular flexibility index (Phi) is 5.88. The number of carboxylic acid groups (broad SMARTS) is 1. The highest BCUT2D eigenvalue weighted by Crippen LogP contribution is 2.19. The van der Waals surface area contributed by atoms with Crippen LogP contribution < -0.4 is 0 Å². The minimum absolute atomic E-state index is 0.211. The molecule has 0 radical (unpaired) electrons. The third-order valence-electron chi connectivity index (χ3n) is 4.45. The minimum atomic E-state index is -0.967. The number of carbonyl (C=O) groups excluding carboxylic acids is 1. The molecule has 0 spiro atoms. The molecule has 28 heavy (non-hydrogen) atoms. The summed E-state index contributed by atoms with van der Waals surface area (Å²) in [5.41, 5.74) is 1.84. The van der Waals surface area contributed by atoms with Crippen LogP contribution in [0.5, 0.6) is 0 Å². The molecule has 0 saturated carbocycles. The van der Waals surface area contributed by atoms with Crippen LogP contribution in [0.3, 0.4) is 0 Å². The Morgan fingerprint density at radius 2 is 2.00 bits per heavy atom. The maximum Gasteiger partial charge on any atom is 0.410 e. The Morgan fingerprint density at radius 1 is 1.21 bits per heavy atom. The van der Waals surface area contributed by atoms with E-state index in [1.807, 2.05) is 39.0 Å². The molecule has 0 atom stereocenters. The Labute approximate surface area is 164 Å². The summed E-state index contributed by atoms with van der Waals surface area (Å²) in [6.07, 6.45) is 0.398. The highest BCUT2D eigenvalue weighted by molar-refractivity contribution is 5.75. The van der Waals surface area contributed by atoms with Crippen molar-refractivity contribution in [3.8, 4) is 0 Å². The maximum atomic E-state index is 12.3. The molecule has 1 amide bonds. The first kappa shape index (κ1) is 20.1. The largest absolute Gasteiger partial charge is 0.481 e. The summed E-state index contributed by atoms with van der Waals surface area (Å²) < 4.78 is 10.9. The second-order valence-electron chi connectivity index (χ2n) is 8.08. The number of hydrogen-bond donors (Lipinski definition) is 1. The molecule has 0 unspecified atom stereocenters. The molecular formula is C20H27N3O5. The van der Waals surface area contributed by atoms with E-state index < -0.39 is 11.6 Å². The van der Waals surface area contributed by atoms with E-state index in [2.05, 4.69) is 9.88 Å². The molecular weight excluding hydrogens is 362 g/mol. The molecule has 1 aromatic carbocycles. The van der Waals surface area contributed by atoms with Crippen molar-refractivity contribution in [2.24, 2.45) is 0 Å². The van der Waals surface area contributed by atoms with Gasteiger partial charge < -0.3 is 19.2 Å². The number of ether oxygens (including phenoxy) is 1. The van der Waals surface area contributed by atoms with Crippen molar-refractivity contribution in [2.75, 3.05) is 26.2 Å². The Morgan fingerprint density at radius 3 is 2.71 bits per heavy atom. The molecule has 1 aliphatic heterocycles. The van der Waals surface area contributed by atoms with E-state index in [4.69, 9.17) is 14.3 Å². The summed E-state index contributed by atoms with van der Waals surface area (Å²) in [5, 5.41) is 8.87. The van der Waals surface area contributed by atoms with Gasteiger partial charge in [0.2, 0.25) is 5.89 Å². The molecule has 1 saturated heterocycles. The Hall–Kier alpha value is -2.61. The van der Waals surface area contributed by atoms with Crippen molar-refractivity contribution in [3.05, 3.63) is 29.7 Å². The average molecular weight is 389 g/mol. The normalized spacial score (nSPS) is 16.2. The Bertz CT molecular complexity index is 855. The van der Waals surface area contributed by atoms with Crippen LogP contribution in [0.4, 0.5) is 4.79 Å². The first-order chi connectivity index (χ1) is 13.2. The van der Waals surface area contributed by atoms with Gasteiger partial charge in [-0.1, -0.05) is 6.07 Å². The van der Waals surface area contributed by atoms with Crippen molar-refractivity contribution in [1.29, 1.82) is 0 Å². The zero-order chi connectivity index (χ0) is 20.3. The first-order valence-electron chi connectivity index (χ1n) is 9.50. The number of rotatable bonds is 4. The highest BCUT2D eigenvalue weighted by atomic mass is 16.6. The van der Waals surface area contributed by atoms with Crippen molar-refractivity contribution < 1.29 is 23.8 Å². The van der Waals surface area contributed by atoms with E-state index in [1.54, 1.807) is 4.90 Å². The molecule has 0 aliphatic carbocycles. The molecule has 1 N–H and O–H groups in total. The predicted octanol–water partition coefficient (Wildman–Crippen LogP) is 2.90. The van der Waals surface area contributed by atoms with Crippen LogP contribution in [0, 0.1) is 0 Å². The van der Waals surface area contributed by atoms with Crippen LogP contribution in [0.1, 0.15) is 38.6 Å². The van der Waals surface area contributed by atoms with Crippen LogP contribution in [0.15, 0.2) is 22.6 Å². The fourth-order valence-electron chi connectivity index (χ4n) is 3.22. The number of aromatic nitrogens is 1. The van der Waals surface area contributed by atoms with Gasteiger partial charge in [0.15, 0.2) is 5.58 Å². The summed E-state index contributed by atoms with van der Waals surface area (Å²) in [7, 11) is 0. The summed E-state index contributed by atoms with van der Waals surface area (Å²) in [6, 6.07) is 5.73. The molecule has 8 heteroatoms. The lowest BCUT2D eigenvalue weighted by Gasteiger charge is -2.26. The van der Waals surface area contributed by atoms with Crippen LogP contribution in [0.2, 0.25) is 0 Å². The number of fused-ring (bicyclic) bond motifs is 1. The lowest BCUT2D eigenvalue weighted by molar-refractivity contribution is -0.136. The molecule has 2 heterocycles. The van der Waals surface area contributed by atoms with E-state index >= 15 is 0 Å². The SMILES string of the molecule is CC(C)(C)OC(=O)N1CCCN(Cc2ccc3oc(CC(=O)O)nc3c2)CC1. The van der Waals surface area contributed by atoms with E-state index in [1.165, 1.54) is 0 Å². The smallest absolute Gasteiger partial charge is 0.410 e. The number of benzene rings is 1. The number of amides is 1. The van der Waals surface area contributed by atoms with Gasteiger partial charge in [0.05, 0.1) is 0 Å². The quantitative estimate of drug-likeness (QED) is 0.859. The standard InChI is InChI=1S/C20H27N3O5/c1-20(2,3)28-19(26)23-8-4-7-22(9-10-23)13-14-5-6-16-15(11-14)21-17(27-16)12-18(24)25/h5-6,11H,4,7-10,12-13H2,1-3H3,(H,24,25). The number of oxazole rings is 1. The van der Waals surface area contributed by atoms with Crippen LogP contribution >= 0.6 is 0 Å². The monoisotopic (exact) mass is 389 g/mol. The van der Waals surface area contributed by atoms with E-state index in [9.17, 15) is 9.59 Å². The second-order valence-corrected chi connectivity index (χ2v) is 8.08. The zero-order valence-electron chi connectivity index (χ0n) is 16.6. The Balaban J connectivity index is 1.61. The molecule has 152 valence electrons. The number of aliphatic carboxylic acids is 1. The predicted molar refractivity (Wildman–Crippen MR) is 103 cm³/mol. The lowest BCUT2D eigenvalue weighted by Crippen LogP contribution is -2.39. The first-order valence-corrected chi connectivity index (χ1v) is 9.50. The fourth-order valence-corrected chi connectivity index (χ4v) is 3.22. The summed E-state index contributed by atoms with van der Waals surface area (Å²) in [5.74, 6) is -0.756. The third-order valence-corrected chi connectivity index (χ3v) is 4.45. The van der Waals surface area contributed by atoms with Gasteiger partial charge in [0, 0.05) is 32.7 Å². The van der Waals surface area contributed by atoms with E-state index in [-0.39, 0.29) is 18.4 Å². The summed E-state index contributed by atoms with van der Waals surface area (Å²) >= 11 is 0. The highest BCUT2D eigenvalue weighted by Gasteiger charge is 2.24. The van der Waals surface area contributed by atoms with Gasteiger partial charge in [-0.05, 0) is 44.9 Å². The molecule has 1 aliphatic rings. The van der Waals surface area contributed by atoms with Crippen LogP contribution in [0.25, 0.3) is 11.1 Å². The molecule has 1 fully saturated rings. The summed E-state index contributed by atoms with van der Waals surface area (Å²) in [6.45, 7) is 9.32. The maximum absolute atomic E-state index is 12.3. The number of nitrogens with zero attached hydrogens (tertiary/aromatic N) is 3. The summed E-state index contributed by atoms with van der Waals surface area (Å²) in [4.78, 5) is 31.4. The third kappa shape index (κ3) is 5.45. The van der Waals surface area contributed by atoms with Crippen molar-refractivity contribution in [2.45, 2.75) is 45.8 Å². The number of carbonyl (C=O) groups is 2. The fraction of sp³-hybridized carbons (Fsp3) is 0.550. The molecule has 1 aromatic heterocycles. The van der Waals surface area contributed by atoms with Crippen molar-refractivity contribution in [3.63, 3.8) is 0 Å². The zero-order valence-corrected chi connectivity index (χ0v) is 16.6. The molecule has 2 aromatic rings. The molecule has 8 nitrogen and oxygen atoms in total. The van der Waals surface area contributed by atoms with Gasteiger partial charge in [-0.2, -0.15) is 0 Å². The van der Waals surface area contributed by atoms with Gasteiger partial charge in [-0.25, -0.2) is 9.78 Å². The van der Waals surface area contributed by atoms with Crippen LogP contribution in [-0.2, 0) is 22.5 Å².